The third kappa shape index (κ3) is 8.81. The predicted molar refractivity (Wildman–Crippen MR) is 144 cm³/mol. The third-order valence-electron chi connectivity index (χ3n) is 4.67. The first-order valence-electron chi connectivity index (χ1n) is 10.3. The molecule has 0 fully saturated rings. The summed E-state index contributed by atoms with van der Waals surface area (Å²) in [6, 6.07) is 11.0. The Balaban J connectivity index is 1.99. The van der Waals surface area contributed by atoms with Crippen molar-refractivity contribution in [3.63, 3.8) is 0 Å². The van der Waals surface area contributed by atoms with E-state index in [0.29, 0.717) is 23.0 Å². The Morgan fingerprint density at radius 3 is 1.28 bits per heavy atom. The third-order valence-corrected chi connectivity index (χ3v) is 5.57. The van der Waals surface area contributed by atoms with Crippen molar-refractivity contribution in [3.8, 4) is 11.5 Å². The minimum absolute atomic E-state index is 0.420. The molecule has 0 aliphatic rings. The Labute approximate surface area is 211 Å². The first-order valence-corrected chi connectivity index (χ1v) is 12.8. The molecule has 0 atom stereocenters. The first-order chi connectivity index (χ1) is 15.5. The van der Waals surface area contributed by atoms with Gasteiger partial charge in [0.05, 0.1) is 0 Å². The fourth-order valence-corrected chi connectivity index (χ4v) is 4.17. The van der Waals surface area contributed by atoms with Crippen LogP contribution in [0.5, 0.6) is 11.5 Å². The molecule has 0 saturated carbocycles. The SMILES string of the molecule is O=C(/C=C\C(=O)Oc1ccc(CCS)c(CCS)c1)Oc1ccc(CCS)c(CCS)c1. The zero-order valence-corrected chi connectivity index (χ0v) is 21.3. The van der Waals surface area contributed by atoms with Crippen LogP contribution < -0.4 is 9.47 Å². The predicted octanol–water partition coefficient (Wildman–Crippen LogP) is 4.64. The highest BCUT2D eigenvalue weighted by Crippen LogP contribution is 2.21. The lowest BCUT2D eigenvalue weighted by Crippen LogP contribution is -2.09. The quantitative estimate of drug-likeness (QED) is 0.146. The maximum atomic E-state index is 12.1. The number of carbonyl (C=O) groups excluding carboxylic acids is 2. The van der Waals surface area contributed by atoms with Crippen molar-refractivity contribution >= 4 is 62.5 Å². The Morgan fingerprint density at radius 2 is 0.938 bits per heavy atom. The van der Waals surface area contributed by atoms with Gasteiger partial charge in [-0.05, 0) is 95.2 Å². The van der Waals surface area contributed by atoms with Crippen LogP contribution in [0.2, 0.25) is 0 Å². The van der Waals surface area contributed by atoms with Crippen LogP contribution in [0, 0.1) is 0 Å². The van der Waals surface area contributed by atoms with Crippen molar-refractivity contribution in [2.24, 2.45) is 0 Å². The van der Waals surface area contributed by atoms with E-state index in [1.165, 1.54) is 0 Å². The Bertz CT molecular complexity index is 868. The highest BCUT2D eigenvalue weighted by atomic mass is 32.1. The summed E-state index contributed by atoms with van der Waals surface area (Å²) in [6.45, 7) is 0. The molecule has 0 bridgehead atoms. The van der Waals surface area contributed by atoms with Gasteiger partial charge in [-0.25, -0.2) is 9.59 Å². The van der Waals surface area contributed by atoms with Gasteiger partial charge in [-0.1, -0.05) is 12.1 Å². The van der Waals surface area contributed by atoms with Gasteiger partial charge in [-0.15, -0.1) is 0 Å². The van der Waals surface area contributed by atoms with Crippen molar-refractivity contribution in [2.45, 2.75) is 25.7 Å². The Hall–Kier alpha value is -1.48. The van der Waals surface area contributed by atoms with Crippen LogP contribution in [-0.4, -0.2) is 35.0 Å². The molecule has 0 N–H and O–H groups in total. The molecular weight excluding hydrogens is 481 g/mol. The summed E-state index contributed by atoms with van der Waals surface area (Å²) in [5.41, 5.74) is 4.46. The molecule has 0 saturated heterocycles. The van der Waals surface area contributed by atoms with Crippen LogP contribution in [0.15, 0.2) is 48.6 Å². The van der Waals surface area contributed by atoms with E-state index in [-0.39, 0.29) is 0 Å². The molecule has 0 aliphatic carbocycles. The summed E-state index contributed by atoms with van der Waals surface area (Å²) < 4.78 is 10.7. The molecule has 8 heteroatoms. The van der Waals surface area contributed by atoms with E-state index >= 15 is 0 Å². The fourth-order valence-electron chi connectivity index (χ4n) is 3.20. The molecule has 172 valence electrons. The molecule has 2 aromatic rings. The second-order valence-corrected chi connectivity index (χ2v) is 8.72. The molecule has 0 aliphatic heterocycles. The van der Waals surface area contributed by atoms with E-state index in [9.17, 15) is 9.59 Å². The molecule has 0 spiro atoms. The van der Waals surface area contributed by atoms with Gasteiger partial charge >= 0.3 is 11.9 Å². The topological polar surface area (TPSA) is 52.6 Å². The highest BCUT2D eigenvalue weighted by molar-refractivity contribution is 7.80. The minimum atomic E-state index is -0.652. The maximum Gasteiger partial charge on any atom is 0.336 e. The summed E-state index contributed by atoms with van der Waals surface area (Å²) in [7, 11) is 0. The van der Waals surface area contributed by atoms with Gasteiger partial charge < -0.3 is 9.47 Å². The zero-order chi connectivity index (χ0) is 23.3. The van der Waals surface area contributed by atoms with Crippen molar-refractivity contribution in [2.75, 3.05) is 23.0 Å². The molecular formula is C24H28O4S4. The number of esters is 2. The lowest BCUT2D eigenvalue weighted by molar-refractivity contribution is -0.131. The van der Waals surface area contributed by atoms with Crippen molar-refractivity contribution in [1.82, 2.24) is 0 Å². The van der Waals surface area contributed by atoms with E-state index in [1.54, 1.807) is 12.1 Å². The minimum Gasteiger partial charge on any atom is -0.423 e. The van der Waals surface area contributed by atoms with Crippen molar-refractivity contribution < 1.29 is 19.1 Å². The van der Waals surface area contributed by atoms with E-state index in [4.69, 9.17) is 9.47 Å². The number of carbonyl (C=O) groups is 2. The summed E-state index contributed by atoms with van der Waals surface area (Å²) in [4.78, 5) is 24.3. The molecule has 32 heavy (non-hydrogen) atoms. The van der Waals surface area contributed by atoms with Crippen LogP contribution in [0.3, 0.4) is 0 Å². The standard InChI is InChI=1S/C24H28O4S4/c25-23(27-21-3-1-17(7-11-29)19(15-21)9-13-31)5-6-24(26)28-22-4-2-18(8-12-30)20(16-22)10-14-32/h1-6,15-16,29-32H,7-14H2/b6-5-. The molecule has 0 radical (unpaired) electrons. The Kier molecular flexibility index (Phi) is 12.2. The number of benzene rings is 2. The van der Waals surface area contributed by atoms with E-state index < -0.39 is 11.9 Å². The average molecular weight is 509 g/mol. The fraction of sp³-hybridized carbons (Fsp3) is 0.333. The van der Waals surface area contributed by atoms with Gasteiger partial charge in [0.25, 0.3) is 0 Å². The van der Waals surface area contributed by atoms with Crippen molar-refractivity contribution in [3.05, 3.63) is 70.8 Å². The van der Waals surface area contributed by atoms with Crippen LogP contribution in [0.4, 0.5) is 0 Å². The first kappa shape index (κ1) is 26.8. The molecule has 4 nitrogen and oxygen atoms in total. The second-order valence-electron chi connectivity index (χ2n) is 6.93. The van der Waals surface area contributed by atoms with Crippen LogP contribution >= 0.6 is 50.5 Å². The van der Waals surface area contributed by atoms with E-state index in [2.05, 4.69) is 50.5 Å². The van der Waals surface area contributed by atoms with Gasteiger partial charge in [-0.3, -0.25) is 0 Å². The lowest BCUT2D eigenvalue weighted by atomic mass is 10.0. The normalized spacial score (nSPS) is 11.0. The van der Waals surface area contributed by atoms with Gasteiger partial charge in [0.15, 0.2) is 0 Å². The van der Waals surface area contributed by atoms with Gasteiger partial charge in [0.1, 0.15) is 11.5 Å². The Morgan fingerprint density at radius 1 is 0.594 bits per heavy atom. The smallest absolute Gasteiger partial charge is 0.336 e. The van der Waals surface area contributed by atoms with Crippen molar-refractivity contribution in [1.29, 1.82) is 0 Å². The number of hydrogen-bond acceptors (Lipinski definition) is 8. The van der Waals surface area contributed by atoms with Crippen LogP contribution in [0.25, 0.3) is 0 Å². The second kappa shape index (κ2) is 14.6. The van der Waals surface area contributed by atoms with Crippen LogP contribution in [-0.2, 0) is 35.3 Å². The molecule has 2 rings (SSSR count). The summed E-state index contributed by atoms with van der Waals surface area (Å²) >= 11 is 17.1. The molecule has 0 amide bonds. The highest BCUT2D eigenvalue weighted by Gasteiger charge is 2.09. The molecule has 0 unspecified atom stereocenters. The summed E-state index contributed by atoms with van der Waals surface area (Å²) in [5.74, 6) is 2.38. The molecule has 2 aromatic carbocycles. The lowest BCUT2D eigenvalue weighted by Gasteiger charge is -2.10. The van der Waals surface area contributed by atoms with E-state index in [1.807, 2.05) is 24.3 Å². The monoisotopic (exact) mass is 508 g/mol. The summed E-state index contributed by atoms with van der Waals surface area (Å²) in [5, 5.41) is 0. The molecule has 0 heterocycles. The number of rotatable bonds is 12. The van der Waals surface area contributed by atoms with Crippen LogP contribution in [0.1, 0.15) is 22.3 Å². The summed E-state index contributed by atoms with van der Waals surface area (Å²) in [6.07, 6.45) is 5.32. The van der Waals surface area contributed by atoms with Gasteiger partial charge in [0, 0.05) is 12.2 Å². The van der Waals surface area contributed by atoms with Gasteiger partial charge in [-0.2, -0.15) is 50.5 Å². The number of thiol groups is 4. The van der Waals surface area contributed by atoms with Gasteiger partial charge in [0.2, 0.25) is 0 Å². The average Bonchev–Trinajstić information content (AvgIpc) is 2.76. The molecule has 0 aromatic heterocycles. The number of ether oxygens (including phenoxy) is 2. The largest absolute Gasteiger partial charge is 0.423 e. The van der Waals surface area contributed by atoms with E-state index in [0.717, 1.165) is 71.6 Å². The maximum absolute atomic E-state index is 12.1. The number of aryl methyl sites for hydroxylation is 4. The number of hydrogen-bond donors (Lipinski definition) is 4. The zero-order valence-electron chi connectivity index (χ0n) is 17.7.